The van der Waals surface area contributed by atoms with Crippen molar-refractivity contribution >= 4 is 22.9 Å². The number of likely N-dealkylation sites (N-methyl/N-ethyl adjacent to an activating group) is 1. The molecule has 0 aliphatic rings. The molecule has 3 N–H and O–H groups in total. The van der Waals surface area contributed by atoms with Gasteiger partial charge in [0.05, 0.1) is 6.10 Å². The highest BCUT2D eigenvalue weighted by Crippen LogP contribution is 2.19. The van der Waals surface area contributed by atoms with Crippen LogP contribution < -0.4 is 10.6 Å². The van der Waals surface area contributed by atoms with Gasteiger partial charge in [-0.05, 0) is 23.8 Å². The lowest BCUT2D eigenvalue weighted by Crippen LogP contribution is -2.24. The number of aliphatic hydroxyl groups excluding tert-OH is 1. The van der Waals surface area contributed by atoms with Gasteiger partial charge in [-0.3, -0.25) is 0 Å². The molecule has 2 aromatic rings. The van der Waals surface area contributed by atoms with E-state index in [1.54, 1.807) is 48.3 Å². The Balaban J connectivity index is 2.06. The maximum Gasteiger partial charge on any atom is 0.125 e. The van der Waals surface area contributed by atoms with Crippen LogP contribution in [0.1, 0.15) is 17.2 Å². The molecule has 0 fully saturated rings. The molecular weight excluding hydrogens is 287 g/mol. The minimum absolute atomic E-state index is 0.297. The summed E-state index contributed by atoms with van der Waals surface area (Å²) in [7, 11) is 1.81. The Morgan fingerprint density at radius 2 is 1.95 bits per heavy atom. The van der Waals surface area contributed by atoms with Crippen LogP contribution in [0.25, 0.3) is 0 Å². The molecular formula is C16H17FN2OS. The number of anilines is 1. The van der Waals surface area contributed by atoms with Crippen molar-refractivity contribution in [2.75, 3.05) is 18.5 Å². The largest absolute Gasteiger partial charge is 0.389 e. The molecule has 0 aromatic heterocycles. The summed E-state index contributed by atoms with van der Waals surface area (Å²) in [5.41, 5.74) is 7.78. The summed E-state index contributed by atoms with van der Waals surface area (Å²) < 4.78 is 13.2. The molecule has 21 heavy (non-hydrogen) atoms. The number of halogens is 1. The Hall–Kier alpha value is -1.98. The van der Waals surface area contributed by atoms with E-state index in [9.17, 15) is 9.50 Å². The normalized spacial score (nSPS) is 12.0. The van der Waals surface area contributed by atoms with Crippen LogP contribution in [0.15, 0.2) is 48.5 Å². The monoisotopic (exact) mass is 304 g/mol. The maximum absolute atomic E-state index is 13.2. The summed E-state index contributed by atoms with van der Waals surface area (Å²) >= 11 is 4.89. The fourth-order valence-electron chi connectivity index (χ4n) is 2.05. The summed E-state index contributed by atoms with van der Waals surface area (Å²) in [4.78, 5) is 2.13. The summed E-state index contributed by atoms with van der Waals surface area (Å²) in [5.74, 6) is -0.297. The van der Waals surface area contributed by atoms with Crippen molar-refractivity contribution in [3.05, 3.63) is 65.5 Å². The highest BCUT2D eigenvalue weighted by Gasteiger charge is 2.12. The molecule has 3 nitrogen and oxygen atoms in total. The molecule has 1 unspecified atom stereocenters. The fraction of sp³-hybridized carbons (Fsp3) is 0.188. The van der Waals surface area contributed by atoms with Crippen molar-refractivity contribution in [3.63, 3.8) is 0 Å². The van der Waals surface area contributed by atoms with E-state index in [0.717, 1.165) is 11.1 Å². The first kappa shape index (κ1) is 15.4. The Labute approximate surface area is 128 Å². The van der Waals surface area contributed by atoms with Crippen LogP contribution in [0, 0.1) is 5.82 Å². The minimum atomic E-state index is -0.682. The van der Waals surface area contributed by atoms with E-state index in [2.05, 4.69) is 0 Å². The summed E-state index contributed by atoms with van der Waals surface area (Å²) in [6, 6.07) is 13.4. The predicted octanol–water partition coefficient (Wildman–Crippen LogP) is 2.63. The van der Waals surface area contributed by atoms with Crippen LogP contribution >= 0.6 is 12.2 Å². The van der Waals surface area contributed by atoms with Crippen LogP contribution in [-0.2, 0) is 0 Å². The van der Waals surface area contributed by atoms with Crippen LogP contribution in [0.5, 0.6) is 0 Å². The zero-order valence-electron chi connectivity index (χ0n) is 11.7. The van der Waals surface area contributed by atoms with E-state index in [0.29, 0.717) is 17.2 Å². The molecule has 0 saturated heterocycles. The average Bonchev–Trinajstić information content (AvgIpc) is 2.47. The molecule has 1 atom stereocenters. The van der Waals surface area contributed by atoms with Gasteiger partial charge in [0.2, 0.25) is 0 Å². The molecule has 0 radical (unpaired) electrons. The van der Waals surface area contributed by atoms with E-state index >= 15 is 0 Å². The van der Waals surface area contributed by atoms with Crippen molar-refractivity contribution in [2.24, 2.45) is 5.73 Å². The van der Waals surface area contributed by atoms with Gasteiger partial charge in [-0.25, -0.2) is 4.39 Å². The SMILES string of the molecule is CN(CC(O)c1ccc(C(N)=S)cc1)c1cccc(F)c1. The Morgan fingerprint density at radius 1 is 1.29 bits per heavy atom. The highest BCUT2D eigenvalue weighted by atomic mass is 32.1. The first-order valence-corrected chi connectivity index (χ1v) is 6.92. The smallest absolute Gasteiger partial charge is 0.125 e. The van der Waals surface area contributed by atoms with Gasteiger partial charge >= 0.3 is 0 Å². The van der Waals surface area contributed by atoms with Crippen molar-refractivity contribution < 1.29 is 9.50 Å². The first-order chi connectivity index (χ1) is 9.97. The number of nitrogens with zero attached hydrogens (tertiary/aromatic N) is 1. The Morgan fingerprint density at radius 3 is 2.52 bits per heavy atom. The molecule has 110 valence electrons. The molecule has 0 amide bonds. The first-order valence-electron chi connectivity index (χ1n) is 6.52. The fourth-order valence-corrected chi connectivity index (χ4v) is 2.19. The van der Waals surface area contributed by atoms with E-state index in [-0.39, 0.29) is 5.82 Å². The second-order valence-electron chi connectivity index (χ2n) is 4.86. The molecule has 2 rings (SSSR count). The zero-order chi connectivity index (χ0) is 15.4. The van der Waals surface area contributed by atoms with Gasteiger partial charge in [-0.1, -0.05) is 42.5 Å². The second kappa shape index (κ2) is 6.65. The standard InChI is InChI=1S/C16H17FN2OS/c1-19(14-4-2-3-13(17)9-14)10-15(20)11-5-7-12(8-6-11)16(18)21/h2-9,15,20H,10H2,1H3,(H2,18,21). The molecule has 0 bridgehead atoms. The van der Waals surface area contributed by atoms with Gasteiger partial charge in [0, 0.05) is 24.8 Å². The molecule has 0 saturated carbocycles. The molecule has 0 spiro atoms. The summed E-state index contributed by atoms with van der Waals surface area (Å²) in [5, 5.41) is 10.3. The lowest BCUT2D eigenvalue weighted by Gasteiger charge is -2.23. The summed E-state index contributed by atoms with van der Waals surface area (Å²) in [6.07, 6.45) is -0.682. The Bertz CT molecular complexity index is 630. The highest BCUT2D eigenvalue weighted by molar-refractivity contribution is 7.80. The maximum atomic E-state index is 13.2. The second-order valence-corrected chi connectivity index (χ2v) is 5.30. The number of hydrogen-bond donors (Lipinski definition) is 2. The number of hydrogen-bond acceptors (Lipinski definition) is 3. The average molecular weight is 304 g/mol. The van der Waals surface area contributed by atoms with E-state index in [4.69, 9.17) is 18.0 Å². The van der Waals surface area contributed by atoms with Gasteiger partial charge in [-0.15, -0.1) is 0 Å². The van der Waals surface area contributed by atoms with E-state index in [1.165, 1.54) is 12.1 Å². The topological polar surface area (TPSA) is 49.5 Å². The molecule has 0 aliphatic heterocycles. The third kappa shape index (κ3) is 4.00. The lowest BCUT2D eigenvalue weighted by molar-refractivity contribution is 0.185. The van der Waals surface area contributed by atoms with Crippen molar-refractivity contribution in [1.82, 2.24) is 0 Å². The third-order valence-electron chi connectivity index (χ3n) is 3.28. The Kier molecular flexibility index (Phi) is 4.88. The number of benzene rings is 2. The molecule has 5 heteroatoms. The minimum Gasteiger partial charge on any atom is -0.389 e. The number of nitrogens with two attached hydrogens (primary N) is 1. The number of aliphatic hydroxyl groups is 1. The number of rotatable bonds is 5. The van der Waals surface area contributed by atoms with E-state index < -0.39 is 6.10 Å². The lowest BCUT2D eigenvalue weighted by atomic mass is 10.1. The summed E-state index contributed by atoms with van der Waals surface area (Å²) in [6.45, 7) is 0.357. The quantitative estimate of drug-likeness (QED) is 0.834. The van der Waals surface area contributed by atoms with Gasteiger partial charge in [-0.2, -0.15) is 0 Å². The van der Waals surface area contributed by atoms with Crippen molar-refractivity contribution in [1.29, 1.82) is 0 Å². The van der Waals surface area contributed by atoms with Gasteiger partial charge in [0.15, 0.2) is 0 Å². The van der Waals surface area contributed by atoms with Crippen molar-refractivity contribution in [2.45, 2.75) is 6.10 Å². The van der Waals surface area contributed by atoms with Gasteiger partial charge < -0.3 is 15.7 Å². The zero-order valence-corrected chi connectivity index (χ0v) is 12.5. The van der Waals surface area contributed by atoms with Gasteiger partial charge in [0.1, 0.15) is 10.8 Å². The van der Waals surface area contributed by atoms with Crippen LogP contribution in [-0.4, -0.2) is 23.7 Å². The molecule has 2 aromatic carbocycles. The van der Waals surface area contributed by atoms with E-state index in [1.807, 2.05) is 0 Å². The molecule has 0 heterocycles. The predicted molar refractivity (Wildman–Crippen MR) is 87.0 cm³/mol. The van der Waals surface area contributed by atoms with Crippen LogP contribution in [0.4, 0.5) is 10.1 Å². The van der Waals surface area contributed by atoms with Crippen LogP contribution in [0.3, 0.4) is 0 Å². The van der Waals surface area contributed by atoms with Gasteiger partial charge in [0.25, 0.3) is 0 Å². The van der Waals surface area contributed by atoms with Crippen LogP contribution in [0.2, 0.25) is 0 Å². The number of thiocarbonyl (C=S) groups is 1. The third-order valence-corrected chi connectivity index (χ3v) is 3.51. The molecule has 0 aliphatic carbocycles. The van der Waals surface area contributed by atoms with Crippen molar-refractivity contribution in [3.8, 4) is 0 Å².